The number of hydrogen-bond acceptors (Lipinski definition) is 2. The predicted molar refractivity (Wildman–Crippen MR) is 43.1 cm³/mol. The minimum atomic E-state index is -0.201. The number of rotatable bonds is 0. The maximum atomic E-state index is 11.4. The Morgan fingerprint density at radius 1 is 1.50 bits per heavy atom. The van der Waals surface area contributed by atoms with Crippen LogP contribution in [0, 0.1) is 5.92 Å². The van der Waals surface area contributed by atoms with Gasteiger partial charge in [-0.25, -0.2) is 0 Å². The Labute approximate surface area is 70.4 Å². The van der Waals surface area contributed by atoms with Crippen molar-refractivity contribution in [2.75, 3.05) is 7.05 Å². The van der Waals surface area contributed by atoms with Gasteiger partial charge in [0.2, 0.25) is 5.91 Å². The molecule has 0 spiro atoms. The van der Waals surface area contributed by atoms with E-state index >= 15 is 0 Å². The molecule has 0 aromatic carbocycles. The minimum Gasteiger partial charge on any atom is -0.281 e. The summed E-state index contributed by atoms with van der Waals surface area (Å²) in [5.41, 5.74) is 0.644. The van der Waals surface area contributed by atoms with Crippen LogP contribution in [0.25, 0.3) is 0 Å². The van der Waals surface area contributed by atoms with Crippen LogP contribution in [-0.4, -0.2) is 23.8 Å². The zero-order valence-corrected chi connectivity index (χ0v) is 6.78. The largest absolute Gasteiger partial charge is 0.281 e. The zero-order valence-electron chi connectivity index (χ0n) is 6.78. The molecule has 3 nitrogen and oxygen atoms in total. The Balaban J connectivity index is 2.44. The number of imide groups is 1. The number of hydrogen-bond donors (Lipinski definition) is 0. The van der Waals surface area contributed by atoms with Crippen molar-refractivity contribution in [3.05, 3.63) is 23.8 Å². The lowest BCUT2D eigenvalue weighted by atomic mass is 9.94. The van der Waals surface area contributed by atoms with Crippen molar-refractivity contribution in [2.45, 2.75) is 6.42 Å². The minimum absolute atomic E-state index is 0.0735. The third kappa shape index (κ3) is 0.763. The van der Waals surface area contributed by atoms with Crippen molar-refractivity contribution in [3.8, 4) is 0 Å². The molecular weight excluding hydrogens is 154 g/mol. The van der Waals surface area contributed by atoms with Crippen LogP contribution in [0.5, 0.6) is 0 Å². The molecule has 2 amide bonds. The fourth-order valence-corrected chi connectivity index (χ4v) is 1.61. The van der Waals surface area contributed by atoms with Crippen LogP contribution in [0.1, 0.15) is 6.42 Å². The highest BCUT2D eigenvalue weighted by Crippen LogP contribution is 2.29. The second-order valence-corrected chi connectivity index (χ2v) is 3.04. The van der Waals surface area contributed by atoms with Gasteiger partial charge in [0.05, 0.1) is 5.92 Å². The van der Waals surface area contributed by atoms with Crippen LogP contribution in [0.3, 0.4) is 0 Å². The van der Waals surface area contributed by atoms with Crippen LogP contribution in [-0.2, 0) is 9.59 Å². The molecule has 3 heteroatoms. The van der Waals surface area contributed by atoms with Gasteiger partial charge in [0, 0.05) is 12.6 Å². The van der Waals surface area contributed by atoms with Crippen molar-refractivity contribution in [2.24, 2.45) is 5.92 Å². The summed E-state index contributed by atoms with van der Waals surface area (Å²) in [7, 11) is 1.53. The van der Waals surface area contributed by atoms with Crippen molar-refractivity contribution in [1.29, 1.82) is 0 Å². The van der Waals surface area contributed by atoms with E-state index in [1.807, 2.05) is 12.2 Å². The predicted octanol–water partition coefficient (Wildman–Crippen LogP) is 0.488. The Kier molecular flexibility index (Phi) is 1.40. The summed E-state index contributed by atoms with van der Waals surface area (Å²) in [6.07, 6.45) is 6.15. The van der Waals surface area contributed by atoms with Crippen molar-refractivity contribution in [3.63, 3.8) is 0 Å². The molecule has 12 heavy (non-hydrogen) atoms. The van der Waals surface area contributed by atoms with E-state index in [2.05, 4.69) is 0 Å². The average molecular weight is 163 g/mol. The highest BCUT2D eigenvalue weighted by molar-refractivity contribution is 6.15. The van der Waals surface area contributed by atoms with Gasteiger partial charge in [-0.15, -0.1) is 0 Å². The first-order chi connectivity index (χ1) is 5.72. The molecule has 1 fully saturated rings. The molecule has 1 saturated heterocycles. The Bertz CT molecular complexity index is 314. The molecule has 0 aromatic rings. The van der Waals surface area contributed by atoms with E-state index in [1.54, 1.807) is 6.08 Å². The van der Waals surface area contributed by atoms with Gasteiger partial charge in [-0.2, -0.15) is 0 Å². The van der Waals surface area contributed by atoms with Gasteiger partial charge in [0.15, 0.2) is 0 Å². The fraction of sp³-hybridized carbons (Fsp3) is 0.333. The Morgan fingerprint density at radius 2 is 2.25 bits per heavy atom. The van der Waals surface area contributed by atoms with Crippen LogP contribution < -0.4 is 0 Å². The number of fused-ring (bicyclic) bond motifs is 1. The Morgan fingerprint density at radius 3 is 2.92 bits per heavy atom. The summed E-state index contributed by atoms with van der Waals surface area (Å²) in [5.74, 6) is -0.419. The lowest BCUT2D eigenvalue weighted by molar-refractivity contribution is -0.137. The molecule has 1 heterocycles. The summed E-state index contributed by atoms with van der Waals surface area (Å²) < 4.78 is 0. The lowest BCUT2D eigenvalue weighted by Gasteiger charge is -2.07. The topological polar surface area (TPSA) is 37.4 Å². The lowest BCUT2D eigenvalue weighted by Crippen LogP contribution is -2.25. The van der Waals surface area contributed by atoms with Gasteiger partial charge in [-0.05, 0) is 6.42 Å². The number of carbonyl (C=O) groups excluding carboxylic acids is 2. The first kappa shape index (κ1) is 7.28. The molecule has 1 aliphatic carbocycles. The van der Waals surface area contributed by atoms with E-state index in [0.29, 0.717) is 12.0 Å². The third-order valence-corrected chi connectivity index (χ3v) is 2.34. The molecule has 0 N–H and O–H groups in total. The summed E-state index contributed by atoms with van der Waals surface area (Å²) in [4.78, 5) is 23.9. The molecule has 2 rings (SSSR count). The van der Waals surface area contributed by atoms with E-state index in [1.165, 1.54) is 11.9 Å². The normalized spacial score (nSPS) is 27.6. The van der Waals surface area contributed by atoms with E-state index in [0.717, 1.165) is 0 Å². The van der Waals surface area contributed by atoms with Gasteiger partial charge in [0.25, 0.3) is 5.91 Å². The van der Waals surface area contributed by atoms with Crippen LogP contribution >= 0.6 is 0 Å². The van der Waals surface area contributed by atoms with Gasteiger partial charge < -0.3 is 0 Å². The van der Waals surface area contributed by atoms with Crippen LogP contribution in [0.15, 0.2) is 23.8 Å². The highest BCUT2D eigenvalue weighted by atomic mass is 16.2. The Hall–Kier alpha value is -1.38. The molecule has 0 bridgehead atoms. The number of likely N-dealkylation sites (tertiary alicyclic amines) is 1. The summed E-state index contributed by atoms with van der Waals surface area (Å²) in [5, 5.41) is 0. The van der Waals surface area contributed by atoms with Gasteiger partial charge >= 0.3 is 0 Å². The van der Waals surface area contributed by atoms with Crippen molar-refractivity contribution in [1.82, 2.24) is 4.90 Å². The van der Waals surface area contributed by atoms with E-state index in [4.69, 9.17) is 0 Å². The second-order valence-electron chi connectivity index (χ2n) is 3.04. The smallest absolute Gasteiger partial charge is 0.256 e. The first-order valence-electron chi connectivity index (χ1n) is 3.90. The summed E-state index contributed by atoms with van der Waals surface area (Å²) in [6.45, 7) is 0. The number of amides is 2. The van der Waals surface area contributed by atoms with E-state index in [9.17, 15) is 9.59 Å². The zero-order chi connectivity index (χ0) is 8.72. The standard InChI is InChI=1S/C9H9NO2/c1-10-8(11)6-4-2-3-5-7(6)9(10)12/h2-4,7H,5H2,1H3. The van der Waals surface area contributed by atoms with Crippen molar-refractivity contribution >= 4 is 11.8 Å². The van der Waals surface area contributed by atoms with Gasteiger partial charge in [-0.1, -0.05) is 18.2 Å². The number of likely N-dealkylation sites (N-methyl/N-ethyl adjacent to an activating group) is 1. The quantitative estimate of drug-likeness (QED) is 0.487. The molecule has 0 saturated carbocycles. The number of carbonyl (C=O) groups is 2. The maximum absolute atomic E-state index is 11.4. The van der Waals surface area contributed by atoms with Crippen LogP contribution in [0.2, 0.25) is 0 Å². The first-order valence-corrected chi connectivity index (χ1v) is 3.90. The number of nitrogens with zero attached hydrogens (tertiary/aromatic N) is 1. The maximum Gasteiger partial charge on any atom is 0.256 e. The molecule has 1 unspecified atom stereocenters. The van der Waals surface area contributed by atoms with E-state index in [-0.39, 0.29) is 17.7 Å². The molecule has 0 aromatic heterocycles. The monoisotopic (exact) mass is 163 g/mol. The fourth-order valence-electron chi connectivity index (χ4n) is 1.61. The average Bonchev–Trinajstić information content (AvgIpc) is 2.33. The van der Waals surface area contributed by atoms with Gasteiger partial charge in [0.1, 0.15) is 0 Å². The molecule has 1 aliphatic heterocycles. The second kappa shape index (κ2) is 2.30. The SMILES string of the molecule is CN1C(=O)C2=CC=CCC2C1=O. The summed E-state index contributed by atoms with van der Waals surface area (Å²) in [6, 6.07) is 0. The molecule has 2 aliphatic rings. The van der Waals surface area contributed by atoms with E-state index < -0.39 is 0 Å². The summed E-state index contributed by atoms with van der Waals surface area (Å²) >= 11 is 0. The molecule has 0 radical (unpaired) electrons. The van der Waals surface area contributed by atoms with Crippen LogP contribution in [0.4, 0.5) is 0 Å². The van der Waals surface area contributed by atoms with Crippen molar-refractivity contribution < 1.29 is 9.59 Å². The van der Waals surface area contributed by atoms with Gasteiger partial charge in [-0.3, -0.25) is 14.5 Å². The number of allylic oxidation sites excluding steroid dienone is 3. The highest BCUT2D eigenvalue weighted by Gasteiger charge is 2.40. The molecule has 1 atom stereocenters. The third-order valence-electron chi connectivity index (χ3n) is 2.34. The molecular formula is C9H9NO2. The molecule has 62 valence electrons.